The van der Waals surface area contributed by atoms with Crippen molar-refractivity contribution in [1.29, 1.82) is 0 Å². The summed E-state index contributed by atoms with van der Waals surface area (Å²) in [5.74, 6) is 0.292. The minimum Gasteiger partial charge on any atom is -0.423 e. The van der Waals surface area contributed by atoms with Gasteiger partial charge < -0.3 is 15.5 Å². The molecule has 0 bridgehead atoms. The van der Waals surface area contributed by atoms with Gasteiger partial charge >= 0.3 is 0 Å². The molecule has 102 valence electrons. The minimum absolute atomic E-state index is 0.292. The highest BCUT2D eigenvalue weighted by atomic mass is 19.1. The molecule has 1 heterocycles. The first-order chi connectivity index (χ1) is 9.26. The van der Waals surface area contributed by atoms with E-state index in [1.54, 1.807) is 12.1 Å². The molecule has 1 saturated carbocycles. The van der Waals surface area contributed by atoms with E-state index in [1.165, 1.54) is 6.07 Å². The number of nitrogens with zero attached hydrogens (tertiary/aromatic N) is 1. The summed E-state index contributed by atoms with van der Waals surface area (Å²) in [5.41, 5.74) is 6.45. The predicted molar refractivity (Wildman–Crippen MR) is 72.4 cm³/mol. The molecule has 2 aromatic rings. The molecule has 1 aromatic carbocycles. The lowest BCUT2D eigenvalue weighted by atomic mass is 9.86. The molecule has 0 spiro atoms. The Balaban J connectivity index is 1.70. The molecule has 0 amide bonds. The van der Waals surface area contributed by atoms with Gasteiger partial charge in [0.2, 0.25) is 0 Å². The molecule has 3 rings (SSSR count). The Morgan fingerprint density at radius 3 is 2.79 bits per heavy atom. The molecular weight excluding hydrogens is 245 g/mol. The summed E-state index contributed by atoms with van der Waals surface area (Å²) in [4.78, 5) is 4.17. The molecule has 0 atom stereocenters. The van der Waals surface area contributed by atoms with Crippen LogP contribution >= 0.6 is 0 Å². The fraction of sp³-hybridized carbons (Fsp3) is 0.500. The molecule has 5 heteroatoms. The van der Waals surface area contributed by atoms with E-state index in [4.69, 9.17) is 10.2 Å². The number of hydrogen-bond acceptors (Lipinski definition) is 4. The summed E-state index contributed by atoms with van der Waals surface area (Å²) in [5, 5.41) is 3.26. The molecule has 1 aromatic heterocycles. The topological polar surface area (TPSA) is 64.1 Å². The fourth-order valence-corrected chi connectivity index (χ4v) is 2.69. The summed E-state index contributed by atoms with van der Waals surface area (Å²) in [6, 6.07) is 5.50. The Morgan fingerprint density at radius 2 is 2.11 bits per heavy atom. The van der Waals surface area contributed by atoms with E-state index in [0.717, 1.165) is 32.2 Å². The average molecular weight is 263 g/mol. The first kappa shape index (κ1) is 12.4. The van der Waals surface area contributed by atoms with Gasteiger partial charge in [-0.3, -0.25) is 0 Å². The normalized spacial score (nSPS) is 23.7. The van der Waals surface area contributed by atoms with E-state index in [-0.39, 0.29) is 5.82 Å². The van der Waals surface area contributed by atoms with Crippen molar-refractivity contribution in [1.82, 2.24) is 4.98 Å². The Morgan fingerprint density at radius 1 is 1.32 bits per heavy atom. The number of halogens is 1. The summed E-state index contributed by atoms with van der Waals surface area (Å²) in [6.45, 7) is 0.765. The van der Waals surface area contributed by atoms with Gasteiger partial charge in [0.15, 0.2) is 11.4 Å². The van der Waals surface area contributed by atoms with Crippen molar-refractivity contribution < 1.29 is 8.81 Å². The Bertz CT molecular complexity index is 561. The third-order valence-electron chi connectivity index (χ3n) is 3.88. The van der Waals surface area contributed by atoms with Crippen molar-refractivity contribution in [2.75, 3.05) is 11.9 Å². The number of benzene rings is 1. The molecule has 0 aliphatic heterocycles. The number of nitrogens with two attached hydrogens (primary N) is 1. The zero-order chi connectivity index (χ0) is 13.2. The van der Waals surface area contributed by atoms with Gasteiger partial charge in [-0.05, 0) is 50.3 Å². The summed E-state index contributed by atoms with van der Waals surface area (Å²) < 4.78 is 19.0. The van der Waals surface area contributed by atoms with Gasteiger partial charge in [-0.25, -0.2) is 4.39 Å². The molecule has 0 radical (unpaired) electrons. The quantitative estimate of drug-likeness (QED) is 0.893. The van der Waals surface area contributed by atoms with Crippen LogP contribution in [0.2, 0.25) is 0 Å². The van der Waals surface area contributed by atoms with E-state index in [1.807, 2.05) is 0 Å². The maximum Gasteiger partial charge on any atom is 0.296 e. The number of nitrogens with one attached hydrogen (secondary N) is 1. The van der Waals surface area contributed by atoms with Gasteiger partial charge in [-0.15, -0.1) is 0 Å². The van der Waals surface area contributed by atoms with E-state index in [2.05, 4.69) is 10.3 Å². The Kier molecular flexibility index (Phi) is 3.38. The average Bonchev–Trinajstić information content (AvgIpc) is 2.84. The van der Waals surface area contributed by atoms with Crippen LogP contribution in [0.1, 0.15) is 25.7 Å². The lowest BCUT2D eigenvalue weighted by Crippen LogP contribution is -2.29. The molecule has 0 unspecified atom stereocenters. The van der Waals surface area contributed by atoms with Gasteiger partial charge in [0.05, 0.1) is 0 Å². The van der Waals surface area contributed by atoms with Crippen LogP contribution in [0.3, 0.4) is 0 Å². The van der Waals surface area contributed by atoms with Crippen molar-refractivity contribution in [2.24, 2.45) is 11.7 Å². The number of aromatic nitrogens is 1. The monoisotopic (exact) mass is 263 g/mol. The third-order valence-corrected chi connectivity index (χ3v) is 3.88. The molecule has 19 heavy (non-hydrogen) atoms. The molecular formula is C14H18FN3O. The van der Waals surface area contributed by atoms with Crippen LogP contribution in [0.4, 0.5) is 10.4 Å². The second-order valence-corrected chi connectivity index (χ2v) is 5.20. The van der Waals surface area contributed by atoms with E-state index in [9.17, 15) is 4.39 Å². The number of hydrogen-bond donors (Lipinski definition) is 2. The van der Waals surface area contributed by atoms with E-state index >= 15 is 0 Å². The van der Waals surface area contributed by atoms with E-state index in [0.29, 0.717) is 29.1 Å². The third kappa shape index (κ3) is 2.56. The number of anilines is 1. The van der Waals surface area contributed by atoms with Crippen LogP contribution in [0.25, 0.3) is 11.1 Å². The van der Waals surface area contributed by atoms with Gasteiger partial charge in [0.25, 0.3) is 6.01 Å². The molecule has 1 aliphatic carbocycles. The van der Waals surface area contributed by atoms with Crippen molar-refractivity contribution in [3.63, 3.8) is 0 Å². The largest absolute Gasteiger partial charge is 0.423 e. The Labute approximate surface area is 111 Å². The lowest BCUT2D eigenvalue weighted by Gasteiger charge is -2.27. The van der Waals surface area contributed by atoms with Gasteiger partial charge in [-0.1, -0.05) is 6.07 Å². The fourth-order valence-electron chi connectivity index (χ4n) is 2.69. The summed E-state index contributed by atoms with van der Waals surface area (Å²) >= 11 is 0. The van der Waals surface area contributed by atoms with Gasteiger partial charge in [0, 0.05) is 6.04 Å². The van der Waals surface area contributed by atoms with Crippen LogP contribution in [0, 0.1) is 11.7 Å². The van der Waals surface area contributed by atoms with Gasteiger partial charge in [-0.2, -0.15) is 4.98 Å². The first-order valence-corrected chi connectivity index (χ1v) is 6.78. The molecule has 1 aliphatic rings. The van der Waals surface area contributed by atoms with E-state index < -0.39 is 0 Å². The zero-order valence-corrected chi connectivity index (χ0v) is 10.7. The number of rotatable bonds is 3. The maximum absolute atomic E-state index is 13.5. The van der Waals surface area contributed by atoms with Gasteiger partial charge in [0.1, 0.15) is 5.52 Å². The molecule has 1 fully saturated rings. The second kappa shape index (κ2) is 5.17. The highest BCUT2D eigenvalue weighted by Crippen LogP contribution is 2.27. The SMILES string of the molecule is NC[C@H]1CC[C@H](Nc2nc3c(F)cccc3o2)CC1. The van der Waals surface area contributed by atoms with Crippen molar-refractivity contribution in [3.8, 4) is 0 Å². The second-order valence-electron chi connectivity index (χ2n) is 5.20. The summed E-state index contributed by atoms with van der Waals surface area (Å²) in [7, 11) is 0. The highest BCUT2D eigenvalue weighted by molar-refractivity contribution is 5.74. The summed E-state index contributed by atoms with van der Waals surface area (Å²) in [6.07, 6.45) is 4.37. The van der Waals surface area contributed by atoms with Crippen LogP contribution in [0.5, 0.6) is 0 Å². The van der Waals surface area contributed by atoms with Crippen molar-refractivity contribution in [3.05, 3.63) is 24.0 Å². The van der Waals surface area contributed by atoms with Crippen molar-refractivity contribution >= 4 is 17.1 Å². The molecule has 0 saturated heterocycles. The standard InChI is InChI=1S/C14H18FN3O/c15-11-2-1-3-12-13(11)18-14(19-12)17-10-6-4-9(8-16)5-7-10/h1-3,9-10H,4-8,16H2,(H,17,18)/t9-,10-. The first-order valence-electron chi connectivity index (χ1n) is 6.78. The van der Waals surface area contributed by atoms with Crippen LogP contribution < -0.4 is 11.1 Å². The number of fused-ring (bicyclic) bond motifs is 1. The lowest BCUT2D eigenvalue weighted by molar-refractivity contribution is 0.341. The zero-order valence-electron chi connectivity index (χ0n) is 10.7. The van der Waals surface area contributed by atoms with Crippen LogP contribution in [-0.2, 0) is 0 Å². The highest BCUT2D eigenvalue weighted by Gasteiger charge is 2.21. The smallest absolute Gasteiger partial charge is 0.296 e. The Hall–Kier alpha value is -1.62. The van der Waals surface area contributed by atoms with Crippen molar-refractivity contribution in [2.45, 2.75) is 31.7 Å². The van der Waals surface area contributed by atoms with Crippen LogP contribution in [-0.4, -0.2) is 17.6 Å². The maximum atomic E-state index is 13.5. The minimum atomic E-state index is -0.346. The molecule has 3 N–H and O–H groups in total. The molecule has 4 nitrogen and oxygen atoms in total. The number of oxazole rings is 1. The number of para-hydroxylation sites is 1. The predicted octanol–water partition coefficient (Wildman–Crippen LogP) is 2.90. The van der Waals surface area contributed by atoms with Crippen LogP contribution in [0.15, 0.2) is 22.6 Å².